The second-order valence-electron chi connectivity index (χ2n) is 11.3. The van der Waals surface area contributed by atoms with E-state index in [1.165, 1.54) is 6.33 Å². The molecule has 0 aliphatic carbocycles. The third kappa shape index (κ3) is 8.40. The van der Waals surface area contributed by atoms with Crippen LogP contribution in [-0.2, 0) is 17.8 Å². The van der Waals surface area contributed by atoms with Gasteiger partial charge in [-0.05, 0) is 81.3 Å². The van der Waals surface area contributed by atoms with Gasteiger partial charge in [0.05, 0.1) is 54.5 Å². The number of nitrogens with zero attached hydrogens (tertiary/aromatic N) is 7. The van der Waals surface area contributed by atoms with Gasteiger partial charge >= 0.3 is 5.82 Å². The summed E-state index contributed by atoms with van der Waals surface area (Å²) in [6.07, 6.45) is 8.77. The number of carbonyl (C=O) groups excluding carboxylic acids is 1. The Morgan fingerprint density at radius 1 is 1.13 bits per heavy atom. The number of hydrogen-bond donors (Lipinski definition) is 1. The molecule has 0 unspecified atom stereocenters. The van der Waals surface area contributed by atoms with Crippen LogP contribution in [0.25, 0.3) is 10.9 Å². The number of likely N-dealkylation sites (N-methyl/N-ethyl adjacent to an activating group) is 1. The van der Waals surface area contributed by atoms with Crippen LogP contribution in [-0.4, -0.2) is 68.0 Å². The van der Waals surface area contributed by atoms with Gasteiger partial charge in [0.25, 0.3) is 0 Å². The molecule has 1 aliphatic heterocycles. The van der Waals surface area contributed by atoms with Gasteiger partial charge in [-0.15, -0.1) is 0 Å². The van der Waals surface area contributed by atoms with Crippen LogP contribution < -0.4 is 10.1 Å². The molecule has 3 aromatic heterocycles. The summed E-state index contributed by atoms with van der Waals surface area (Å²) in [5.41, 5.74) is 4.28. The number of aliphatic imine (C=N–C) groups is 1. The van der Waals surface area contributed by atoms with Gasteiger partial charge in [0, 0.05) is 29.4 Å². The highest BCUT2D eigenvalue weighted by Crippen LogP contribution is 2.31. The minimum Gasteiger partial charge on any atom is -0.486 e. The Bertz CT molecular complexity index is 1840. The van der Waals surface area contributed by atoms with E-state index in [1.54, 1.807) is 31.5 Å². The molecule has 0 atom stereocenters. The Hall–Kier alpha value is -4.88. The van der Waals surface area contributed by atoms with Crippen LogP contribution in [0.15, 0.2) is 94.2 Å². The van der Waals surface area contributed by atoms with Crippen molar-refractivity contribution in [2.24, 2.45) is 4.99 Å². The lowest BCUT2D eigenvalue weighted by atomic mass is 10.1. The number of hydrogen-bond acceptors (Lipinski definition) is 10. The van der Waals surface area contributed by atoms with E-state index in [0.717, 1.165) is 27.0 Å². The predicted octanol–water partition coefficient (Wildman–Crippen LogP) is 5.60. The molecule has 4 aromatic rings. The topological polar surface area (TPSA) is 145 Å². The molecule has 4 heterocycles. The van der Waals surface area contributed by atoms with E-state index in [0.29, 0.717) is 59.0 Å². The summed E-state index contributed by atoms with van der Waals surface area (Å²) in [5, 5.41) is 15.4. The summed E-state index contributed by atoms with van der Waals surface area (Å²) in [7, 11) is 3.93. The van der Waals surface area contributed by atoms with E-state index in [4.69, 9.17) is 4.74 Å². The van der Waals surface area contributed by atoms with Gasteiger partial charge in [-0.2, -0.15) is 0 Å². The quantitative estimate of drug-likeness (QED) is 0.0830. The molecule has 230 valence electrons. The zero-order chi connectivity index (χ0) is 32.0. The number of fused-ring (bicyclic) bond motifs is 1. The number of quaternary nitrogens is 1. The third-order valence-electron chi connectivity index (χ3n) is 7.01. The fourth-order valence-electron chi connectivity index (χ4n) is 4.94. The highest BCUT2D eigenvalue weighted by molar-refractivity contribution is 9.10. The Kier molecular flexibility index (Phi) is 9.69. The number of aromatic nitrogens is 4. The van der Waals surface area contributed by atoms with Crippen LogP contribution in [0.5, 0.6) is 5.75 Å². The van der Waals surface area contributed by atoms with E-state index < -0.39 is 4.92 Å². The van der Waals surface area contributed by atoms with Gasteiger partial charge in [0.15, 0.2) is 5.78 Å². The zero-order valence-electron chi connectivity index (χ0n) is 25.1. The molecule has 45 heavy (non-hydrogen) atoms. The first-order valence-corrected chi connectivity index (χ1v) is 15.0. The summed E-state index contributed by atoms with van der Waals surface area (Å²) in [4.78, 5) is 45.3. The number of carbonyl (C=O) groups is 1. The molecule has 1 aromatic carbocycles. The SMILES string of the molecule is CC1=NC([N+](=O)[O-])=C(C[N+](C)(C)C/C=C/C(=O)Cc2cc3c(Nc4ccc(OCc5ccccn5)c(Br)c4)ncnc3cn2)C1. The molecule has 0 saturated heterocycles. The standard InChI is InChI=1S/C32H32BrN8O4/c1-21-13-22(32(38-21)40(43)44)18-41(2,3)12-6-8-26(42)14-25-15-27-29(17-35-25)36-20-37-31(27)39-23-9-10-30(28(33)16-23)45-19-24-7-4-5-11-34-24/h4-11,15-17,20H,12-14,18-19H2,1-3H3,(H,36,37,39)/q+1/b8-6+. The van der Waals surface area contributed by atoms with Gasteiger partial charge in [-0.3, -0.25) is 14.8 Å². The molecule has 0 fully saturated rings. The minimum absolute atomic E-state index is 0.0609. The molecule has 0 radical (unpaired) electrons. The van der Waals surface area contributed by atoms with Crippen LogP contribution in [0.1, 0.15) is 24.7 Å². The Labute approximate surface area is 268 Å². The molecule has 0 bridgehead atoms. The first kappa shape index (κ1) is 31.5. The van der Waals surface area contributed by atoms with Gasteiger partial charge < -0.3 is 24.7 Å². The number of ether oxygens (including phenoxy) is 1. The van der Waals surface area contributed by atoms with Crippen LogP contribution in [0.2, 0.25) is 0 Å². The first-order chi connectivity index (χ1) is 21.6. The average Bonchev–Trinajstić information content (AvgIpc) is 3.36. The van der Waals surface area contributed by atoms with Crippen LogP contribution >= 0.6 is 15.9 Å². The lowest BCUT2D eigenvalue weighted by Crippen LogP contribution is -2.41. The summed E-state index contributed by atoms with van der Waals surface area (Å²) in [5.74, 6) is 1.09. The van der Waals surface area contributed by atoms with Gasteiger partial charge in [0.2, 0.25) is 0 Å². The van der Waals surface area contributed by atoms with Crippen molar-refractivity contribution < 1.29 is 18.9 Å². The summed E-state index contributed by atoms with van der Waals surface area (Å²) < 4.78 is 7.12. The lowest BCUT2D eigenvalue weighted by molar-refractivity contribution is -0.880. The van der Waals surface area contributed by atoms with Crippen molar-refractivity contribution in [2.75, 3.05) is 32.5 Å². The maximum absolute atomic E-state index is 12.8. The van der Waals surface area contributed by atoms with Crippen molar-refractivity contribution >= 4 is 49.8 Å². The minimum atomic E-state index is -0.427. The Morgan fingerprint density at radius 3 is 2.73 bits per heavy atom. The highest BCUT2D eigenvalue weighted by atomic mass is 79.9. The van der Waals surface area contributed by atoms with Gasteiger partial charge in [-0.25, -0.2) is 9.97 Å². The maximum Gasteiger partial charge on any atom is 0.368 e. The van der Waals surface area contributed by atoms with Crippen LogP contribution in [0, 0.1) is 10.1 Å². The first-order valence-electron chi connectivity index (χ1n) is 14.2. The van der Waals surface area contributed by atoms with Crippen molar-refractivity contribution in [1.29, 1.82) is 0 Å². The van der Waals surface area contributed by atoms with E-state index >= 15 is 0 Å². The maximum atomic E-state index is 12.8. The number of rotatable bonds is 13. The van der Waals surface area contributed by atoms with Crippen molar-refractivity contribution in [3.05, 3.63) is 111 Å². The number of nitrogens with one attached hydrogen (secondary N) is 1. The predicted molar refractivity (Wildman–Crippen MR) is 175 cm³/mol. The van der Waals surface area contributed by atoms with Crippen molar-refractivity contribution in [2.45, 2.75) is 26.4 Å². The molecule has 0 amide bonds. The van der Waals surface area contributed by atoms with Crippen molar-refractivity contribution in [3.63, 3.8) is 0 Å². The third-order valence-corrected chi connectivity index (χ3v) is 7.63. The number of allylic oxidation sites excluding steroid dienone is 1. The van der Waals surface area contributed by atoms with Gasteiger partial charge in [0.1, 0.15) is 36.8 Å². The van der Waals surface area contributed by atoms with Crippen LogP contribution in [0.4, 0.5) is 11.5 Å². The number of ketones is 1. The lowest BCUT2D eigenvalue weighted by Gasteiger charge is -2.28. The normalized spacial score (nSPS) is 13.4. The molecule has 13 heteroatoms. The number of halogens is 1. The van der Waals surface area contributed by atoms with Gasteiger partial charge in [-0.1, -0.05) is 6.07 Å². The molecular formula is C32H32BrN8O4+. The molecule has 0 spiro atoms. The fraction of sp³-hybridized carbons (Fsp3) is 0.250. The Morgan fingerprint density at radius 2 is 1.98 bits per heavy atom. The average molecular weight is 673 g/mol. The molecule has 1 N–H and O–H groups in total. The van der Waals surface area contributed by atoms with E-state index in [9.17, 15) is 14.9 Å². The smallest absolute Gasteiger partial charge is 0.368 e. The monoisotopic (exact) mass is 671 g/mol. The van der Waals surface area contributed by atoms with Crippen LogP contribution in [0.3, 0.4) is 0 Å². The molecule has 0 saturated carbocycles. The summed E-state index contributed by atoms with van der Waals surface area (Å²) in [6.45, 7) is 3.13. The fourth-order valence-corrected chi connectivity index (χ4v) is 5.43. The molecule has 1 aliphatic rings. The van der Waals surface area contributed by atoms with Crippen molar-refractivity contribution in [1.82, 2.24) is 19.9 Å². The van der Waals surface area contributed by atoms with E-state index in [2.05, 4.69) is 46.2 Å². The summed E-state index contributed by atoms with van der Waals surface area (Å²) in [6, 6.07) is 13.1. The molecule has 5 rings (SSSR count). The molecular weight excluding hydrogens is 640 g/mol. The van der Waals surface area contributed by atoms with Crippen molar-refractivity contribution in [3.8, 4) is 5.75 Å². The largest absolute Gasteiger partial charge is 0.486 e. The second-order valence-corrected chi connectivity index (χ2v) is 12.2. The zero-order valence-corrected chi connectivity index (χ0v) is 26.7. The second kappa shape index (κ2) is 13.8. The number of pyridine rings is 2. The number of anilines is 2. The summed E-state index contributed by atoms with van der Waals surface area (Å²) >= 11 is 3.58. The van der Waals surface area contributed by atoms with E-state index in [-0.39, 0.29) is 18.0 Å². The number of nitro groups is 1. The van der Waals surface area contributed by atoms with E-state index in [1.807, 2.05) is 56.6 Å². The molecule has 12 nitrogen and oxygen atoms in total. The highest BCUT2D eigenvalue weighted by Gasteiger charge is 2.31. The Balaban J connectivity index is 1.22. The number of benzene rings is 1.